The van der Waals surface area contributed by atoms with Gasteiger partial charge in [-0.15, -0.1) is 0 Å². The van der Waals surface area contributed by atoms with E-state index in [1.807, 2.05) is 12.1 Å². The first-order chi connectivity index (χ1) is 8.06. The average molecular weight is 254 g/mol. The highest BCUT2D eigenvalue weighted by Crippen LogP contribution is 2.27. The molecule has 4 heteroatoms. The third kappa shape index (κ3) is 3.05. The number of hydrogen-bond acceptors (Lipinski definition) is 3. The van der Waals surface area contributed by atoms with Crippen molar-refractivity contribution in [3.05, 3.63) is 22.7 Å². The molecule has 0 aromatic heterocycles. The number of rotatable bonds is 3. The molecule has 2 rings (SSSR count). The molecule has 0 radical (unpaired) electrons. The second-order valence-corrected chi connectivity index (χ2v) is 5.39. The Bertz CT molecular complexity index is 406. The highest BCUT2D eigenvalue weighted by molar-refractivity contribution is 6.33. The zero-order valence-electron chi connectivity index (χ0n) is 10.5. The van der Waals surface area contributed by atoms with Crippen molar-refractivity contribution < 1.29 is 0 Å². The van der Waals surface area contributed by atoms with Gasteiger partial charge < -0.3 is 16.0 Å². The molecule has 3 nitrogen and oxygen atoms in total. The summed E-state index contributed by atoms with van der Waals surface area (Å²) in [5.74, 6) is 0.732. The Morgan fingerprint density at radius 1 is 1.53 bits per heavy atom. The second kappa shape index (κ2) is 5.15. The number of anilines is 2. The summed E-state index contributed by atoms with van der Waals surface area (Å²) >= 11 is 6.03. The van der Waals surface area contributed by atoms with Crippen molar-refractivity contribution in [1.29, 1.82) is 0 Å². The minimum absolute atomic E-state index is 0.627. The van der Waals surface area contributed by atoms with Crippen LogP contribution in [0, 0.1) is 12.8 Å². The summed E-state index contributed by atoms with van der Waals surface area (Å²) in [5, 5.41) is 4.10. The number of aryl methyl sites for hydroxylation is 1. The zero-order chi connectivity index (χ0) is 12.4. The van der Waals surface area contributed by atoms with Gasteiger partial charge in [0, 0.05) is 18.8 Å². The third-order valence-electron chi connectivity index (χ3n) is 3.41. The highest BCUT2D eigenvalue weighted by atomic mass is 35.5. The normalized spacial score (nSPS) is 20.8. The number of benzene rings is 1. The largest absolute Gasteiger partial charge is 0.398 e. The van der Waals surface area contributed by atoms with Gasteiger partial charge in [-0.3, -0.25) is 0 Å². The lowest BCUT2D eigenvalue weighted by molar-refractivity contribution is 0.399. The van der Waals surface area contributed by atoms with Gasteiger partial charge in [0.2, 0.25) is 0 Å². The Hall–Kier alpha value is -0.930. The Labute approximate surface area is 108 Å². The summed E-state index contributed by atoms with van der Waals surface area (Å²) in [6, 6.07) is 3.84. The van der Waals surface area contributed by atoms with Gasteiger partial charge in [-0.1, -0.05) is 11.6 Å². The van der Waals surface area contributed by atoms with Gasteiger partial charge in [-0.25, -0.2) is 0 Å². The Balaban J connectivity index is 1.97. The zero-order valence-corrected chi connectivity index (χ0v) is 11.2. The predicted molar refractivity (Wildman–Crippen MR) is 74.7 cm³/mol. The molecular weight excluding hydrogens is 234 g/mol. The number of nitrogen functional groups attached to an aromatic ring is 1. The van der Waals surface area contributed by atoms with Crippen LogP contribution in [-0.2, 0) is 0 Å². The van der Waals surface area contributed by atoms with Gasteiger partial charge in [-0.2, -0.15) is 0 Å². The van der Waals surface area contributed by atoms with Crippen LogP contribution in [0.3, 0.4) is 0 Å². The van der Waals surface area contributed by atoms with Crippen LogP contribution in [0.25, 0.3) is 0 Å². The molecule has 17 heavy (non-hydrogen) atoms. The molecule has 1 heterocycles. The van der Waals surface area contributed by atoms with Crippen LogP contribution in [0.1, 0.15) is 12.0 Å². The van der Waals surface area contributed by atoms with Gasteiger partial charge >= 0.3 is 0 Å². The van der Waals surface area contributed by atoms with Crippen molar-refractivity contribution >= 4 is 23.0 Å². The lowest BCUT2D eigenvalue weighted by Crippen LogP contribution is -2.19. The maximum Gasteiger partial charge on any atom is 0.0656 e. The molecule has 1 saturated heterocycles. The third-order valence-corrected chi connectivity index (χ3v) is 3.74. The lowest BCUT2D eigenvalue weighted by Gasteiger charge is -2.15. The number of halogens is 1. The van der Waals surface area contributed by atoms with Gasteiger partial charge in [0.05, 0.1) is 10.7 Å². The number of nitrogens with one attached hydrogen (secondary N) is 1. The molecule has 0 aliphatic carbocycles. The van der Waals surface area contributed by atoms with E-state index >= 15 is 0 Å². The van der Waals surface area contributed by atoms with Crippen molar-refractivity contribution in [2.24, 2.45) is 5.92 Å². The summed E-state index contributed by atoms with van der Waals surface area (Å²) in [7, 11) is 2.17. The van der Waals surface area contributed by atoms with Gasteiger partial charge in [-0.05, 0) is 50.6 Å². The molecule has 0 spiro atoms. The van der Waals surface area contributed by atoms with Gasteiger partial charge in [0.25, 0.3) is 0 Å². The van der Waals surface area contributed by atoms with E-state index in [-0.39, 0.29) is 0 Å². The molecule has 1 atom stereocenters. The summed E-state index contributed by atoms with van der Waals surface area (Å²) in [6.07, 6.45) is 1.27. The minimum atomic E-state index is 0.627. The van der Waals surface area contributed by atoms with Gasteiger partial charge in [0.15, 0.2) is 0 Å². The van der Waals surface area contributed by atoms with E-state index in [9.17, 15) is 0 Å². The number of nitrogens with two attached hydrogens (primary N) is 1. The molecule has 0 amide bonds. The maximum absolute atomic E-state index is 6.03. The molecule has 1 aromatic rings. The molecule has 0 saturated carbocycles. The topological polar surface area (TPSA) is 41.3 Å². The molecule has 1 aromatic carbocycles. The SMILES string of the molecule is Cc1cc(N)c(Cl)cc1NCC1CCN(C)C1. The molecular formula is C13H20ClN3. The van der Waals surface area contributed by atoms with E-state index in [0.717, 1.165) is 23.7 Å². The molecule has 1 fully saturated rings. The fourth-order valence-electron chi connectivity index (χ4n) is 2.34. The quantitative estimate of drug-likeness (QED) is 0.814. The molecule has 0 bridgehead atoms. The second-order valence-electron chi connectivity index (χ2n) is 4.99. The van der Waals surface area contributed by atoms with Gasteiger partial charge in [0.1, 0.15) is 0 Å². The summed E-state index contributed by atoms with van der Waals surface area (Å²) in [4.78, 5) is 2.37. The van der Waals surface area contributed by atoms with Crippen LogP contribution in [0.5, 0.6) is 0 Å². The molecule has 3 N–H and O–H groups in total. The first-order valence-electron chi connectivity index (χ1n) is 6.04. The van der Waals surface area contributed by atoms with Crippen molar-refractivity contribution in [2.45, 2.75) is 13.3 Å². The monoisotopic (exact) mass is 253 g/mol. The molecule has 94 valence electrons. The van der Waals surface area contributed by atoms with Crippen LogP contribution in [0.4, 0.5) is 11.4 Å². The van der Waals surface area contributed by atoms with E-state index < -0.39 is 0 Å². The lowest BCUT2D eigenvalue weighted by atomic mass is 10.1. The van der Waals surface area contributed by atoms with Crippen LogP contribution >= 0.6 is 11.6 Å². The van der Waals surface area contributed by atoms with E-state index in [4.69, 9.17) is 17.3 Å². The van der Waals surface area contributed by atoms with E-state index in [2.05, 4.69) is 24.2 Å². The Kier molecular flexibility index (Phi) is 3.79. The number of hydrogen-bond donors (Lipinski definition) is 2. The Morgan fingerprint density at radius 2 is 2.29 bits per heavy atom. The average Bonchev–Trinajstić information content (AvgIpc) is 2.68. The summed E-state index contributed by atoms with van der Waals surface area (Å²) in [5.41, 5.74) is 8.66. The first-order valence-corrected chi connectivity index (χ1v) is 6.42. The first kappa shape index (κ1) is 12.5. The fourth-order valence-corrected chi connectivity index (χ4v) is 2.51. The number of nitrogens with zero attached hydrogens (tertiary/aromatic N) is 1. The standard InChI is InChI=1S/C13H20ClN3/c1-9-5-12(15)11(14)6-13(9)16-7-10-3-4-17(2)8-10/h5-6,10,16H,3-4,7-8,15H2,1-2H3. The highest BCUT2D eigenvalue weighted by Gasteiger charge is 2.19. The van der Waals surface area contributed by atoms with Crippen molar-refractivity contribution in [1.82, 2.24) is 4.90 Å². The van der Waals surface area contributed by atoms with E-state index in [1.54, 1.807) is 0 Å². The van der Waals surface area contributed by atoms with Crippen LogP contribution in [0.2, 0.25) is 5.02 Å². The Morgan fingerprint density at radius 3 is 2.94 bits per heavy atom. The summed E-state index contributed by atoms with van der Waals surface area (Å²) in [6.45, 7) is 5.43. The smallest absolute Gasteiger partial charge is 0.0656 e. The van der Waals surface area contributed by atoms with Crippen LogP contribution in [-0.4, -0.2) is 31.6 Å². The maximum atomic E-state index is 6.03. The fraction of sp³-hybridized carbons (Fsp3) is 0.538. The van der Waals surface area contributed by atoms with Crippen molar-refractivity contribution in [3.8, 4) is 0 Å². The number of likely N-dealkylation sites (tertiary alicyclic amines) is 1. The van der Waals surface area contributed by atoms with E-state index in [1.165, 1.54) is 19.5 Å². The predicted octanol–water partition coefficient (Wildman–Crippen LogP) is 2.59. The van der Waals surface area contributed by atoms with Crippen LogP contribution in [0.15, 0.2) is 12.1 Å². The minimum Gasteiger partial charge on any atom is -0.398 e. The summed E-state index contributed by atoms with van der Waals surface area (Å²) < 4.78 is 0. The van der Waals surface area contributed by atoms with Crippen molar-refractivity contribution in [3.63, 3.8) is 0 Å². The van der Waals surface area contributed by atoms with Crippen LogP contribution < -0.4 is 11.1 Å². The van der Waals surface area contributed by atoms with E-state index in [0.29, 0.717) is 10.7 Å². The molecule has 1 aliphatic heterocycles. The van der Waals surface area contributed by atoms with Crippen molar-refractivity contribution in [2.75, 3.05) is 37.7 Å². The molecule has 1 aliphatic rings. The molecule has 1 unspecified atom stereocenters.